The highest BCUT2D eigenvalue weighted by atomic mass is 16.5. The van der Waals surface area contributed by atoms with Gasteiger partial charge in [0.15, 0.2) is 0 Å². The minimum absolute atomic E-state index is 0.0756. The van der Waals surface area contributed by atoms with E-state index in [1.165, 1.54) is 0 Å². The molecule has 0 bridgehead atoms. The van der Waals surface area contributed by atoms with Crippen molar-refractivity contribution in [1.82, 2.24) is 15.0 Å². The van der Waals surface area contributed by atoms with Crippen LogP contribution in [0.3, 0.4) is 0 Å². The Morgan fingerprint density at radius 2 is 1.83 bits per heavy atom. The maximum atomic E-state index is 13.1. The second kappa shape index (κ2) is 8.08. The lowest BCUT2D eigenvalue weighted by Crippen LogP contribution is -2.38. The smallest absolute Gasteiger partial charge is 0.259 e. The highest BCUT2D eigenvalue weighted by molar-refractivity contribution is 6.06. The molecule has 2 aromatic heterocycles. The van der Waals surface area contributed by atoms with Gasteiger partial charge < -0.3 is 14.4 Å². The number of nitrogens with zero attached hydrogens (tertiary/aromatic N) is 5. The first-order valence-electron chi connectivity index (χ1n) is 9.98. The molecular weight excluding hydrogens is 382 g/mol. The number of hydrogen-bond donors (Lipinski definition) is 0. The number of rotatable bonds is 4. The molecule has 0 radical (unpaired) electrons. The second-order valence-corrected chi connectivity index (χ2v) is 7.09. The van der Waals surface area contributed by atoms with Gasteiger partial charge in [-0.15, -0.1) is 0 Å². The van der Waals surface area contributed by atoms with Gasteiger partial charge in [0.2, 0.25) is 11.8 Å². The van der Waals surface area contributed by atoms with Crippen molar-refractivity contribution in [2.24, 2.45) is 0 Å². The molecule has 5 rings (SSSR count). The molecule has 0 atom stereocenters. The van der Waals surface area contributed by atoms with E-state index in [0.29, 0.717) is 68.2 Å². The van der Waals surface area contributed by atoms with Crippen LogP contribution in [0.1, 0.15) is 15.9 Å². The summed E-state index contributed by atoms with van der Waals surface area (Å²) in [5, 5.41) is 0. The largest absolute Gasteiger partial charge is 0.437 e. The van der Waals surface area contributed by atoms with E-state index in [-0.39, 0.29) is 5.91 Å². The van der Waals surface area contributed by atoms with Crippen molar-refractivity contribution in [3.63, 3.8) is 0 Å². The van der Waals surface area contributed by atoms with Crippen molar-refractivity contribution < 1.29 is 14.3 Å². The first-order valence-corrected chi connectivity index (χ1v) is 9.98. The fraction of sp³-hybridized carbons (Fsp3) is 0.273. The van der Waals surface area contributed by atoms with Crippen LogP contribution in [0.2, 0.25) is 0 Å². The molecule has 2 aliphatic heterocycles. The Kier molecular flexibility index (Phi) is 4.98. The molecular formula is C22H21N5O3. The molecule has 0 spiro atoms. The quantitative estimate of drug-likeness (QED) is 0.663. The van der Waals surface area contributed by atoms with E-state index in [1.807, 2.05) is 42.5 Å². The van der Waals surface area contributed by atoms with Crippen LogP contribution in [0.4, 0.5) is 11.8 Å². The lowest BCUT2D eigenvalue weighted by molar-refractivity contribution is 0.0988. The first kappa shape index (κ1) is 18.5. The van der Waals surface area contributed by atoms with E-state index in [9.17, 15) is 4.79 Å². The predicted molar refractivity (Wildman–Crippen MR) is 111 cm³/mol. The molecule has 1 saturated heterocycles. The van der Waals surface area contributed by atoms with Gasteiger partial charge >= 0.3 is 0 Å². The molecule has 0 unspecified atom stereocenters. The van der Waals surface area contributed by atoms with Crippen molar-refractivity contribution in [3.05, 3.63) is 66.0 Å². The number of benzene rings is 1. The third-order valence-corrected chi connectivity index (χ3v) is 5.19. The van der Waals surface area contributed by atoms with Crippen LogP contribution in [-0.4, -0.2) is 53.7 Å². The lowest BCUT2D eigenvalue weighted by Gasteiger charge is -2.28. The summed E-state index contributed by atoms with van der Waals surface area (Å²) < 4.78 is 11.5. The Labute approximate surface area is 174 Å². The molecule has 2 aliphatic rings. The third kappa shape index (κ3) is 3.57. The standard InChI is InChI=1S/C22H21N5O3/c28-21(16-5-2-1-3-6-16)27-10-8-18-19(27)24-22(26-11-13-29-14-12-26)25-20(18)30-17-7-4-9-23-15-17/h1-7,9,15H,8,10-14H2. The number of pyridine rings is 1. The molecule has 8 heteroatoms. The zero-order chi connectivity index (χ0) is 20.3. The predicted octanol–water partition coefficient (Wildman–Crippen LogP) is 2.70. The minimum Gasteiger partial charge on any atom is -0.437 e. The van der Waals surface area contributed by atoms with E-state index < -0.39 is 0 Å². The van der Waals surface area contributed by atoms with E-state index >= 15 is 0 Å². The van der Waals surface area contributed by atoms with Gasteiger partial charge in [0, 0.05) is 31.4 Å². The minimum atomic E-state index is -0.0756. The highest BCUT2D eigenvalue weighted by Gasteiger charge is 2.32. The van der Waals surface area contributed by atoms with Gasteiger partial charge in [-0.05, 0) is 30.7 Å². The second-order valence-electron chi connectivity index (χ2n) is 7.09. The van der Waals surface area contributed by atoms with E-state index in [2.05, 4.69) is 9.88 Å². The summed E-state index contributed by atoms with van der Waals surface area (Å²) >= 11 is 0. The number of fused-ring (bicyclic) bond motifs is 1. The molecule has 4 heterocycles. The van der Waals surface area contributed by atoms with Crippen LogP contribution in [0, 0.1) is 0 Å². The molecule has 1 fully saturated rings. The van der Waals surface area contributed by atoms with Crippen molar-refractivity contribution in [2.75, 3.05) is 42.6 Å². The molecule has 1 aromatic carbocycles. The van der Waals surface area contributed by atoms with Crippen molar-refractivity contribution in [2.45, 2.75) is 6.42 Å². The summed E-state index contributed by atoms with van der Waals surface area (Å²) in [5.41, 5.74) is 1.46. The number of amides is 1. The first-order chi connectivity index (χ1) is 14.8. The number of ether oxygens (including phenoxy) is 2. The Hall–Kier alpha value is -3.52. The van der Waals surface area contributed by atoms with Gasteiger partial charge in [0.25, 0.3) is 5.91 Å². The summed E-state index contributed by atoms with van der Waals surface area (Å²) in [6.45, 7) is 3.15. The lowest BCUT2D eigenvalue weighted by atomic mass is 10.2. The molecule has 0 N–H and O–H groups in total. The average molecular weight is 403 g/mol. The van der Waals surface area contributed by atoms with Crippen molar-refractivity contribution in [3.8, 4) is 11.6 Å². The molecule has 30 heavy (non-hydrogen) atoms. The third-order valence-electron chi connectivity index (χ3n) is 5.19. The summed E-state index contributed by atoms with van der Waals surface area (Å²) in [5.74, 6) is 2.15. The Balaban J connectivity index is 1.55. The zero-order valence-electron chi connectivity index (χ0n) is 16.4. The van der Waals surface area contributed by atoms with E-state index in [4.69, 9.17) is 19.4 Å². The Bertz CT molecular complexity index is 1040. The van der Waals surface area contributed by atoms with Crippen LogP contribution >= 0.6 is 0 Å². The molecule has 1 amide bonds. The molecule has 8 nitrogen and oxygen atoms in total. The monoisotopic (exact) mass is 403 g/mol. The number of carbonyl (C=O) groups is 1. The molecule has 0 saturated carbocycles. The van der Waals surface area contributed by atoms with Gasteiger partial charge in [-0.2, -0.15) is 9.97 Å². The van der Waals surface area contributed by atoms with Gasteiger partial charge in [-0.1, -0.05) is 18.2 Å². The summed E-state index contributed by atoms with van der Waals surface area (Å²) in [6.07, 6.45) is 3.97. The van der Waals surface area contributed by atoms with Crippen LogP contribution in [0.5, 0.6) is 11.6 Å². The van der Waals surface area contributed by atoms with Gasteiger partial charge in [0.1, 0.15) is 11.6 Å². The number of carbonyl (C=O) groups excluding carboxylic acids is 1. The van der Waals surface area contributed by atoms with Gasteiger partial charge in [-0.25, -0.2) is 0 Å². The van der Waals surface area contributed by atoms with Crippen LogP contribution in [0.25, 0.3) is 0 Å². The van der Waals surface area contributed by atoms with Crippen molar-refractivity contribution in [1.29, 1.82) is 0 Å². The Morgan fingerprint density at radius 1 is 1.00 bits per heavy atom. The van der Waals surface area contributed by atoms with Crippen LogP contribution in [-0.2, 0) is 11.2 Å². The normalized spacial score (nSPS) is 15.7. The molecule has 152 valence electrons. The van der Waals surface area contributed by atoms with Gasteiger partial charge in [0.05, 0.1) is 25.0 Å². The maximum Gasteiger partial charge on any atom is 0.259 e. The van der Waals surface area contributed by atoms with Crippen molar-refractivity contribution >= 4 is 17.7 Å². The highest BCUT2D eigenvalue weighted by Crippen LogP contribution is 2.37. The fourth-order valence-corrected chi connectivity index (χ4v) is 3.66. The van der Waals surface area contributed by atoms with E-state index in [0.717, 1.165) is 5.56 Å². The molecule has 0 aliphatic carbocycles. The summed E-state index contributed by atoms with van der Waals surface area (Å²) in [4.78, 5) is 30.5. The zero-order valence-corrected chi connectivity index (χ0v) is 16.4. The average Bonchev–Trinajstić information content (AvgIpc) is 3.25. The van der Waals surface area contributed by atoms with Crippen LogP contribution in [0.15, 0.2) is 54.9 Å². The topological polar surface area (TPSA) is 80.7 Å². The number of aromatic nitrogens is 3. The fourth-order valence-electron chi connectivity index (χ4n) is 3.66. The number of hydrogen-bond acceptors (Lipinski definition) is 7. The van der Waals surface area contributed by atoms with E-state index in [1.54, 1.807) is 17.3 Å². The number of anilines is 2. The maximum absolute atomic E-state index is 13.1. The summed E-state index contributed by atoms with van der Waals surface area (Å²) in [6, 6.07) is 12.9. The van der Waals surface area contributed by atoms with Gasteiger partial charge in [-0.3, -0.25) is 14.7 Å². The number of morpholine rings is 1. The SMILES string of the molecule is O=C(c1ccccc1)N1CCc2c(Oc3cccnc3)nc(N3CCOCC3)nc21. The summed E-state index contributed by atoms with van der Waals surface area (Å²) in [7, 11) is 0. The Morgan fingerprint density at radius 3 is 2.60 bits per heavy atom. The molecule has 3 aromatic rings. The van der Waals surface area contributed by atoms with Crippen LogP contribution < -0.4 is 14.5 Å².